The summed E-state index contributed by atoms with van der Waals surface area (Å²) in [4.78, 5) is 24.0. The molecule has 0 bridgehead atoms. The highest BCUT2D eigenvalue weighted by Crippen LogP contribution is 2.47. The van der Waals surface area contributed by atoms with Gasteiger partial charge in [-0.05, 0) is 32.0 Å². The van der Waals surface area contributed by atoms with E-state index in [0.717, 1.165) is 5.39 Å². The molecule has 2 heterocycles. The lowest BCUT2D eigenvalue weighted by atomic mass is 9.84. The van der Waals surface area contributed by atoms with Gasteiger partial charge in [-0.1, -0.05) is 18.2 Å². The number of hydrogen-bond donors (Lipinski definition) is 1. The molecule has 0 saturated heterocycles. The van der Waals surface area contributed by atoms with Crippen molar-refractivity contribution in [2.45, 2.75) is 37.9 Å². The number of carbonyl (C=O) groups is 1. The smallest absolute Gasteiger partial charge is 0.354 e. The largest absolute Gasteiger partial charge is 0.479 e. The number of nitro groups is 1. The first-order valence-electron chi connectivity index (χ1n) is 10.7. The van der Waals surface area contributed by atoms with E-state index in [-0.39, 0.29) is 18.0 Å². The Bertz CT molecular complexity index is 1230. The Morgan fingerprint density at radius 3 is 2.59 bits per heavy atom. The third-order valence-corrected chi connectivity index (χ3v) is 6.15. The van der Waals surface area contributed by atoms with E-state index < -0.39 is 34.9 Å². The van der Waals surface area contributed by atoms with E-state index in [9.17, 15) is 20.0 Å². The van der Waals surface area contributed by atoms with Gasteiger partial charge in [-0.3, -0.25) is 10.1 Å². The summed E-state index contributed by atoms with van der Waals surface area (Å²) in [6, 6.07) is 12.1. The van der Waals surface area contributed by atoms with Gasteiger partial charge in [-0.25, -0.2) is 4.79 Å². The Morgan fingerprint density at radius 1 is 1.24 bits per heavy atom. The third kappa shape index (κ3) is 3.69. The van der Waals surface area contributed by atoms with Crippen molar-refractivity contribution in [1.82, 2.24) is 4.57 Å². The standard InChI is InChI=1S/C24H26N2O8/c1-5-33-22(28)18-12-14-8-6-7-9-17(14)25(18)20-16-13-15(26(29)30)10-11-19(16)34-24(2,21(20)27)23(31-3)32-4/h6-13,20-21,23,27H,5H2,1-4H3/t20-,21+,24-/m0/s1. The van der Waals surface area contributed by atoms with Crippen molar-refractivity contribution in [3.63, 3.8) is 0 Å². The van der Waals surface area contributed by atoms with Crippen molar-refractivity contribution in [3.05, 3.63) is 69.9 Å². The topological polar surface area (TPSA) is 122 Å². The van der Waals surface area contributed by atoms with E-state index in [1.54, 1.807) is 36.6 Å². The molecule has 2 aromatic carbocycles. The minimum absolute atomic E-state index is 0.159. The fraction of sp³-hybridized carbons (Fsp3) is 0.375. The first kappa shape index (κ1) is 23.7. The van der Waals surface area contributed by atoms with Gasteiger partial charge >= 0.3 is 5.97 Å². The lowest BCUT2D eigenvalue weighted by Crippen LogP contribution is -2.60. The Balaban J connectivity index is 2.04. The van der Waals surface area contributed by atoms with Crippen LogP contribution >= 0.6 is 0 Å². The van der Waals surface area contributed by atoms with Crippen LogP contribution in [-0.4, -0.2) is 59.4 Å². The van der Waals surface area contributed by atoms with Crippen LogP contribution in [0.1, 0.15) is 35.9 Å². The number of fused-ring (bicyclic) bond motifs is 2. The summed E-state index contributed by atoms with van der Waals surface area (Å²) in [7, 11) is 2.84. The fourth-order valence-electron chi connectivity index (χ4n) is 4.62. The van der Waals surface area contributed by atoms with E-state index in [2.05, 4.69) is 0 Å². The second-order valence-electron chi connectivity index (χ2n) is 8.14. The van der Waals surface area contributed by atoms with Gasteiger partial charge in [0, 0.05) is 42.8 Å². The van der Waals surface area contributed by atoms with E-state index >= 15 is 0 Å². The number of aromatic nitrogens is 1. The molecule has 1 aliphatic heterocycles. The van der Waals surface area contributed by atoms with Gasteiger partial charge in [0.2, 0.25) is 0 Å². The van der Waals surface area contributed by atoms with Crippen molar-refractivity contribution < 1.29 is 33.8 Å². The first-order chi connectivity index (χ1) is 16.3. The number of aliphatic hydroxyl groups is 1. The maximum atomic E-state index is 13.0. The van der Waals surface area contributed by atoms with Crippen molar-refractivity contribution in [2.75, 3.05) is 20.8 Å². The lowest BCUT2D eigenvalue weighted by Gasteiger charge is -2.47. The summed E-state index contributed by atoms with van der Waals surface area (Å²) in [5, 5.41) is 24.0. The van der Waals surface area contributed by atoms with Crippen LogP contribution in [0.15, 0.2) is 48.5 Å². The average molecular weight is 470 g/mol. The Labute approximate surface area is 195 Å². The van der Waals surface area contributed by atoms with Gasteiger partial charge in [0.1, 0.15) is 17.5 Å². The normalized spacial score (nSPS) is 21.8. The highest BCUT2D eigenvalue weighted by Gasteiger charge is 2.53. The number of nitrogens with zero attached hydrogens (tertiary/aromatic N) is 2. The monoisotopic (exact) mass is 470 g/mol. The van der Waals surface area contributed by atoms with Crippen LogP contribution in [0.4, 0.5) is 5.69 Å². The Kier molecular flexibility index (Phi) is 6.30. The molecule has 0 amide bonds. The lowest BCUT2D eigenvalue weighted by molar-refractivity contribution is -0.385. The molecule has 3 aromatic rings. The van der Waals surface area contributed by atoms with Crippen molar-refractivity contribution in [2.24, 2.45) is 0 Å². The van der Waals surface area contributed by atoms with Gasteiger partial charge in [0.15, 0.2) is 11.9 Å². The predicted molar refractivity (Wildman–Crippen MR) is 122 cm³/mol. The molecule has 1 aromatic heterocycles. The fourth-order valence-corrected chi connectivity index (χ4v) is 4.62. The first-order valence-corrected chi connectivity index (χ1v) is 10.7. The van der Waals surface area contributed by atoms with Crippen molar-refractivity contribution in [3.8, 4) is 5.75 Å². The maximum Gasteiger partial charge on any atom is 0.354 e. The number of benzene rings is 2. The minimum atomic E-state index is -1.42. The number of aliphatic hydroxyl groups excluding tert-OH is 1. The summed E-state index contributed by atoms with van der Waals surface area (Å²) in [5.41, 5.74) is -0.415. The molecule has 0 unspecified atom stereocenters. The van der Waals surface area contributed by atoms with Crippen LogP contribution in [-0.2, 0) is 14.2 Å². The zero-order valence-electron chi connectivity index (χ0n) is 19.3. The Hall–Kier alpha value is -3.47. The average Bonchev–Trinajstić information content (AvgIpc) is 3.20. The molecule has 4 rings (SSSR count). The van der Waals surface area contributed by atoms with Gasteiger partial charge in [0.25, 0.3) is 5.69 Å². The predicted octanol–water partition coefficient (Wildman–Crippen LogP) is 3.45. The maximum absolute atomic E-state index is 13.0. The summed E-state index contributed by atoms with van der Waals surface area (Å²) >= 11 is 0. The summed E-state index contributed by atoms with van der Waals surface area (Å²) in [6.07, 6.45) is -2.32. The zero-order valence-corrected chi connectivity index (χ0v) is 19.3. The molecule has 0 radical (unpaired) electrons. The molecule has 10 nitrogen and oxygen atoms in total. The SMILES string of the molecule is CCOC(=O)c1cc2ccccc2n1[C@H]1c2cc([N+](=O)[O-])ccc2O[C@](C)(C(OC)OC)[C@@H]1O. The second kappa shape index (κ2) is 9.05. The zero-order chi connectivity index (χ0) is 24.6. The molecule has 0 fully saturated rings. The van der Waals surface area contributed by atoms with Gasteiger partial charge in [-0.2, -0.15) is 0 Å². The molecule has 0 saturated carbocycles. The second-order valence-corrected chi connectivity index (χ2v) is 8.14. The number of nitro benzene ring substituents is 1. The number of methoxy groups -OCH3 is 2. The number of non-ortho nitro benzene ring substituents is 1. The number of esters is 1. The van der Waals surface area contributed by atoms with Gasteiger partial charge in [-0.15, -0.1) is 0 Å². The molecule has 0 spiro atoms. The summed E-state index contributed by atoms with van der Waals surface area (Å²) < 4.78 is 24.0. The molecule has 0 aliphatic carbocycles. The van der Waals surface area contributed by atoms with E-state index in [1.807, 2.05) is 12.1 Å². The van der Waals surface area contributed by atoms with Crippen molar-refractivity contribution in [1.29, 1.82) is 0 Å². The molecule has 10 heteroatoms. The number of ether oxygens (including phenoxy) is 4. The number of carbonyl (C=O) groups excluding carboxylic acids is 1. The van der Waals surface area contributed by atoms with Crippen LogP contribution in [0.25, 0.3) is 10.9 Å². The van der Waals surface area contributed by atoms with Gasteiger partial charge < -0.3 is 28.6 Å². The van der Waals surface area contributed by atoms with Crippen LogP contribution in [0, 0.1) is 10.1 Å². The molecule has 3 atom stereocenters. The third-order valence-electron chi connectivity index (χ3n) is 6.15. The van der Waals surface area contributed by atoms with Gasteiger partial charge in [0.05, 0.1) is 17.6 Å². The van der Waals surface area contributed by atoms with Crippen LogP contribution in [0.3, 0.4) is 0 Å². The number of rotatable bonds is 7. The Morgan fingerprint density at radius 2 is 1.94 bits per heavy atom. The minimum Gasteiger partial charge on any atom is -0.479 e. The molecule has 1 aliphatic rings. The van der Waals surface area contributed by atoms with Crippen molar-refractivity contribution >= 4 is 22.6 Å². The molecule has 180 valence electrons. The summed E-state index contributed by atoms with van der Waals surface area (Å²) in [6.45, 7) is 3.49. The van der Waals surface area contributed by atoms with E-state index in [4.69, 9.17) is 18.9 Å². The number of hydrogen-bond acceptors (Lipinski definition) is 8. The molecular weight excluding hydrogens is 444 g/mol. The highest BCUT2D eigenvalue weighted by atomic mass is 16.7. The highest BCUT2D eigenvalue weighted by molar-refractivity contribution is 5.96. The molecule has 1 N–H and O–H groups in total. The van der Waals surface area contributed by atoms with Crippen LogP contribution in [0.2, 0.25) is 0 Å². The van der Waals surface area contributed by atoms with Crippen LogP contribution in [0.5, 0.6) is 5.75 Å². The quantitative estimate of drug-likeness (QED) is 0.241. The molecular formula is C24H26N2O8. The summed E-state index contributed by atoms with van der Waals surface area (Å²) in [5.74, 6) is -0.281. The van der Waals surface area contributed by atoms with E-state index in [1.165, 1.54) is 32.4 Å². The van der Waals surface area contributed by atoms with Crippen LogP contribution < -0.4 is 4.74 Å². The number of para-hydroxylation sites is 1. The molecule has 34 heavy (non-hydrogen) atoms. The van der Waals surface area contributed by atoms with E-state index in [0.29, 0.717) is 16.8 Å².